The fourth-order valence-corrected chi connectivity index (χ4v) is 1.98. The van der Waals surface area contributed by atoms with Gasteiger partial charge in [0.15, 0.2) is 17.4 Å². The zero-order valence-electron chi connectivity index (χ0n) is 10.6. The van der Waals surface area contributed by atoms with Gasteiger partial charge in [0.2, 0.25) is 0 Å². The van der Waals surface area contributed by atoms with Crippen molar-refractivity contribution in [3.63, 3.8) is 0 Å². The third-order valence-corrected chi connectivity index (χ3v) is 3.15. The smallest absolute Gasteiger partial charge is 0.165 e. The number of hydrogen-bond donors (Lipinski definition) is 3. The Bertz CT molecular complexity index is 790. The highest BCUT2D eigenvalue weighted by molar-refractivity contribution is 6.33. The molecule has 0 radical (unpaired) electrons. The summed E-state index contributed by atoms with van der Waals surface area (Å²) in [5.41, 5.74) is 1.17. The van der Waals surface area contributed by atoms with Crippen molar-refractivity contribution in [2.75, 3.05) is 5.32 Å². The molecule has 21 heavy (non-hydrogen) atoms. The van der Waals surface area contributed by atoms with E-state index in [0.717, 1.165) is 0 Å². The highest BCUT2D eigenvalue weighted by Gasteiger charge is 2.08. The van der Waals surface area contributed by atoms with Crippen molar-refractivity contribution in [2.24, 2.45) is 0 Å². The van der Waals surface area contributed by atoms with Gasteiger partial charge in [0.1, 0.15) is 5.82 Å². The molecule has 0 aliphatic carbocycles. The molecule has 0 aliphatic heterocycles. The van der Waals surface area contributed by atoms with Gasteiger partial charge in [0.25, 0.3) is 0 Å². The normalized spacial score (nSPS) is 10.6. The lowest BCUT2D eigenvalue weighted by atomic mass is 10.1. The van der Waals surface area contributed by atoms with E-state index in [-0.39, 0.29) is 0 Å². The number of phenols is 1. The van der Waals surface area contributed by atoms with Crippen molar-refractivity contribution in [3.05, 3.63) is 53.4 Å². The van der Waals surface area contributed by atoms with Crippen LogP contribution in [0.25, 0.3) is 11.3 Å². The number of benzene rings is 1. The van der Waals surface area contributed by atoms with Gasteiger partial charge in [-0.15, -0.1) is 0 Å². The number of aromatic hydroxyl groups is 1. The molecule has 0 saturated heterocycles. The molecule has 0 atom stereocenters. The Balaban J connectivity index is 1.86. The monoisotopic (exact) mass is 304 g/mol. The van der Waals surface area contributed by atoms with E-state index in [1.165, 1.54) is 12.1 Å². The summed E-state index contributed by atoms with van der Waals surface area (Å²) < 4.78 is 13.3. The molecule has 106 valence electrons. The number of rotatable bonds is 3. The van der Waals surface area contributed by atoms with Crippen LogP contribution in [0, 0.1) is 5.82 Å². The Kier molecular flexibility index (Phi) is 3.45. The lowest BCUT2D eigenvalue weighted by Gasteiger charge is -2.02. The van der Waals surface area contributed by atoms with Crippen molar-refractivity contribution in [1.29, 1.82) is 0 Å². The first-order valence-corrected chi connectivity index (χ1v) is 6.43. The van der Waals surface area contributed by atoms with Gasteiger partial charge in [0.05, 0.1) is 10.7 Å². The summed E-state index contributed by atoms with van der Waals surface area (Å²) in [7, 11) is 0. The molecular formula is C14H10ClFN4O. The average molecular weight is 305 g/mol. The van der Waals surface area contributed by atoms with Crippen LogP contribution in [0.4, 0.5) is 16.0 Å². The van der Waals surface area contributed by atoms with Gasteiger partial charge < -0.3 is 10.4 Å². The lowest BCUT2D eigenvalue weighted by molar-refractivity contribution is 0.432. The van der Waals surface area contributed by atoms with E-state index in [4.69, 9.17) is 11.6 Å². The molecule has 0 unspecified atom stereocenters. The first-order valence-electron chi connectivity index (χ1n) is 6.05. The van der Waals surface area contributed by atoms with E-state index in [1.807, 2.05) is 0 Å². The number of hydrogen-bond acceptors (Lipinski definition) is 4. The topological polar surface area (TPSA) is 73.8 Å². The highest BCUT2D eigenvalue weighted by Crippen LogP contribution is 2.27. The summed E-state index contributed by atoms with van der Waals surface area (Å²) in [6.45, 7) is 0. The fraction of sp³-hybridized carbons (Fsp3) is 0. The van der Waals surface area contributed by atoms with Crippen molar-refractivity contribution >= 4 is 23.2 Å². The lowest BCUT2D eigenvalue weighted by Crippen LogP contribution is -1.93. The second-order valence-electron chi connectivity index (χ2n) is 4.29. The van der Waals surface area contributed by atoms with Gasteiger partial charge in [-0.25, -0.2) is 9.37 Å². The molecule has 3 rings (SSSR count). The summed E-state index contributed by atoms with van der Waals surface area (Å²) in [5.74, 6) is -0.102. The summed E-state index contributed by atoms with van der Waals surface area (Å²) >= 11 is 6.00. The number of phenolic OH excluding ortho intramolecular Hbond substituents is 1. The van der Waals surface area contributed by atoms with E-state index in [1.54, 1.807) is 30.5 Å². The Morgan fingerprint density at radius 1 is 1.24 bits per heavy atom. The van der Waals surface area contributed by atoms with Gasteiger partial charge in [-0.1, -0.05) is 11.6 Å². The van der Waals surface area contributed by atoms with E-state index >= 15 is 0 Å². The summed E-state index contributed by atoms with van der Waals surface area (Å²) in [6, 6.07) is 9.22. The molecule has 7 heteroatoms. The SMILES string of the molecule is Oc1ccc(-c2cc(Nc3ncccc3Cl)n[nH]2)cc1F. The predicted octanol–water partition coefficient (Wildman–Crippen LogP) is 3.71. The fourth-order valence-electron chi connectivity index (χ4n) is 1.81. The molecule has 0 aliphatic rings. The number of anilines is 2. The van der Waals surface area contributed by atoms with Crippen LogP contribution in [0.1, 0.15) is 0 Å². The largest absolute Gasteiger partial charge is 0.505 e. The quantitative estimate of drug-likeness (QED) is 0.689. The van der Waals surface area contributed by atoms with E-state index in [0.29, 0.717) is 27.9 Å². The number of halogens is 2. The third kappa shape index (κ3) is 2.80. The van der Waals surface area contributed by atoms with Crippen molar-refractivity contribution < 1.29 is 9.50 Å². The maximum absolute atomic E-state index is 13.3. The minimum Gasteiger partial charge on any atom is -0.505 e. The van der Waals surface area contributed by atoms with Gasteiger partial charge >= 0.3 is 0 Å². The molecule has 0 fully saturated rings. The number of pyridine rings is 1. The molecule has 0 spiro atoms. The zero-order chi connectivity index (χ0) is 14.8. The molecule has 0 bridgehead atoms. The van der Waals surface area contributed by atoms with Crippen LogP contribution in [-0.4, -0.2) is 20.3 Å². The predicted molar refractivity (Wildman–Crippen MR) is 78.2 cm³/mol. The number of aromatic nitrogens is 3. The zero-order valence-corrected chi connectivity index (χ0v) is 11.4. The van der Waals surface area contributed by atoms with Crippen LogP contribution in [-0.2, 0) is 0 Å². The molecule has 0 amide bonds. The van der Waals surface area contributed by atoms with E-state index in [2.05, 4.69) is 20.5 Å². The van der Waals surface area contributed by atoms with Gasteiger partial charge in [-0.05, 0) is 30.3 Å². The van der Waals surface area contributed by atoms with Crippen molar-refractivity contribution in [2.45, 2.75) is 0 Å². The molecule has 2 aromatic heterocycles. The number of nitrogens with zero attached hydrogens (tertiary/aromatic N) is 2. The minimum atomic E-state index is -0.690. The summed E-state index contributed by atoms with van der Waals surface area (Å²) in [4.78, 5) is 4.09. The van der Waals surface area contributed by atoms with Crippen LogP contribution < -0.4 is 5.32 Å². The van der Waals surface area contributed by atoms with Crippen LogP contribution in [0.3, 0.4) is 0 Å². The number of H-pyrrole nitrogens is 1. The maximum Gasteiger partial charge on any atom is 0.165 e. The third-order valence-electron chi connectivity index (χ3n) is 2.84. The Morgan fingerprint density at radius 3 is 2.86 bits per heavy atom. The molecule has 1 aromatic carbocycles. The first kappa shape index (κ1) is 13.4. The Hall–Kier alpha value is -2.60. The van der Waals surface area contributed by atoms with Crippen LogP contribution in [0.5, 0.6) is 5.75 Å². The van der Waals surface area contributed by atoms with Gasteiger partial charge in [0, 0.05) is 17.8 Å². The van der Waals surface area contributed by atoms with Crippen LogP contribution in [0.2, 0.25) is 5.02 Å². The minimum absolute atomic E-state index is 0.392. The Morgan fingerprint density at radius 2 is 2.10 bits per heavy atom. The summed E-state index contributed by atoms with van der Waals surface area (Å²) in [6.07, 6.45) is 1.61. The molecule has 5 nitrogen and oxygen atoms in total. The second kappa shape index (κ2) is 5.41. The van der Waals surface area contributed by atoms with Crippen molar-refractivity contribution in [1.82, 2.24) is 15.2 Å². The van der Waals surface area contributed by atoms with Crippen molar-refractivity contribution in [3.8, 4) is 17.0 Å². The van der Waals surface area contributed by atoms with E-state index < -0.39 is 11.6 Å². The molecule has 0 saturated carbocycles. The average Bonchev–Trinajstić information content (AvgIpc) is 2.93. The van der Waals surface area contributed by atoms with Crippen LogP contribution >= 0.6 is 11.6 Å². The molecule has 3 aromatic rings. The first-order chi connectivity index (χ1) is 10.1. The highest BCUT2D eigenvalue weighted by atomic mass is 35.5. The second-order valence-corrected chi connectivity index (χ2v) is 4.70. The van der Waals surface area contributed by atoms with Gasteiger partial charge in [-0.3, -0.25) is 5.10 Å². The van der Waals surface area contributed by atoms with E-state index in [9.17, 15) is 9.50 Å². The maximum atomic E-state index is 13.3. The molecular weight excluding hydrogens is 295 g/mol. The number of aromatic amines is 1. The standard InChI is InChI=1S/C14H10ClFN4O/c15-9-2-1-5-17-14(9)18-13-7-11(19-20-13)8-3-4-12(21)10(16)6-8/h1-7,21H,(H2,17,18,19,20). The van der Waals surface area contributed by atoms with Crippen LogP contribution in [0.15, 0.2) is 42.6 Å². The number of nitrogens with one attached hydrogen (secondary N) is 2. The molecule has 2 heterocycles. The molecule has 3 N–H and O–H groups in total. The van der Waals surface area contributed by atoms with Gasteiger partial charge in [-0.2, -0.15) is 5.10 Å². The Labute approximate surface area is 124 Å². The summed E-state index contributed by atoms with van der Waals surface area (Å²) in [5, 5.41) is 19.5.